The fraction of sp³-hybridized carbons (Fsp3) is 0.136. The average molecular weight is 423 g/mol. The maximum atomic E-state index is 12.7. The van der Waals surface area contributed by atoms with Gasteiger partial charge in [0.15, 0.2) is 5.76 Å². The van der Waals surface area contributed by atoms with Crippen LogP contribution in [0.15, 0.2) is 59.0 Å². The van der Waals surface area contributed by atoms with Crippen molar-refractivity contribution in [2.24, 2.45) is 0 Å². The second-order valence-electron chi connectivity index (χ2n) is 6.86. The number of aromatic nitrogens is 2. The van der Waals surface area contributed by atoms with Gasteiger partial charge in [-0.3, -0.25) is 20.4 Å². The smallest absolute Gasteiger partial charge is 0.305 e. The maximum Gasteiger partial charge on any atom is 0.305 e. The van der Waals surface area contributed by atoms with E-state index in [9.17, 15) is 9.59 Å². The lowest BCUT2D eigenvalue weighted by molar-refractivity contribution is 0.0831. The largest absolute Gasteiger partial charge is 0.451 e. The van der Waals surface area contributed by atoms with E-state index in [1.807, 2.05) is 48.5 Å². The lowest BCUT2D eigenvalue weighted by atomic mass is 10.1. The number of carbonyl (C=O) groups excluding carboxylic acids is 2. The molecule has 0 aliphatic rings. The minimum absolute atomic E-state index is 0.138. The number of hydrogen-bond donors (Lipinski definition) is 2. The third-order valence-corrected chi connectivity index (χ3v) is 5.19. The molecule has 0 aliphatic carbocycles. The first-order valence-electron chi connectivity index (χ1n) is 9.31. The minimum atomic E-state index is -0.557. The molecule has 2 aromatic heterocycles. The monoisotopic (exact) mass is 422 g/mol. The van der Waals surface area contributed by atoms with E-state index in [1.165, 1.54) is 0 Å². The van der Waals surface area contributed by atoms with Gasteiger partial charge < -0.3 is 4.42 Å². The summed E-state index contributed by atoms with van der Waals surface area (Å²) in [6.45, 7) is 3.91. The molecule has 0 spiro atoms. The van der Waals surface area contributed by atoms with Gasteiger partial charge in [-0.2, -0.15) is 5.10 Å². The summed E-state index contributed by atoms with van der Waals surface area (Å²) in [5, 5.41) is 5.39. The van der Waals surface area contributed by atoms with Crippen molar-refractivity contribution in [2.45, 2.75) is 20.4 Å². The summed E-state index contributed by atoms with van der Waals surface area (Å²) in [5.41, 5.74) is 7.74. The Morgan fingerprint density at radius 3 is 2.40 bits per heavy atom. The molecule has 2 amide bonds. The van der Waals surface area contributed by atoms with Gasteiger partial charge in [0.25, 0.3) is 5.91 Å². The number of furan rings is 1. The number of amides is 2. The van der Waals surface area contributed by atoms with Gasteiger partial charge in [0, 0.05) is 10.9 Å². The van der Waals surface area contributed by atoms with Crippen LogP contribution in [0, 0.1) is 13.8 Å². The normalized spacial score (nSPS) is 10.9. The number of carbonyl (C=O) groups is 2. The lowest BCUT2D eigenvalue weighted by Gasteiger charge is -2.07. The first kappa shape index (κ1) is 19.7. The fourth-order valence-corrected chi connectivity index (χ4v) is 3.62. The topological polar surface area (TPSA) is 89.2 Å². The zero-order chi connectivity index (χ0) is 21.3. The molecule has 0 atom stereocenters. The Morgan fingerprint density at radius 1 is 1.00 bits per heavy atom. The molecular formula is C22H19ClN4O3. The second-order valence-corrected chi connectivity index (χ2v) is 7.21. The Hall–Kier alpha value is -3.58. The van der Waals surface area contributed by atoms with E-state index in [4.69, 9.17) is 16.0 Å². The van der Waals surface area contributed by atoms with Gasteiger partial charge in [-0.1, -0.05) is 60.1 Å². The number of hydrazine groups is 1. The van der Waals surface area contributed by atoms with Gasteiger partial charge in [-0.05, 0) is 25.5 Å². The molecule has 152 valence electrons. The van der Waals surface area contributed by atoms with E-state index in [0.717, 1.165) is 10.9 Å². The predicted molar refractivity (Wildman–Crippen MR) is 113 cm³/mol. The number of para-hydroxylation sites is 1. The van der Waals surface area contributed by atoms with Crippen LogP contribution in [-0.4, -0.2) is 21.6 Å². The standard InChI is InChI=1S/C22H19ClN4O3/c1-13-16-10-6-7-11-17(16)30-19(13)22(29)25-24-21(28)18-14(2)26-27(20(18)23)12-15-8-4-3-5-9-15/h3-11H,12H2,1-2H3,(H,24,28)(H,25,29). The Kier molecular flexibility index (Phi) is 5.29. The van der Waals surface area contributed by atoms with Gasteiger partial charge in [0.2, 0.25) is 0 Å². The van der Waals surface area contributed by atoms with E-state index in [2.05, 4.69) is 16.0 Å². The molecule has 8 heteroatoms. The number of nitrogens with one attached hydrogen (secondary N) is 2. The Labute approximate surface area is 177 Å². The molecule has 2 N–H and O–H groups in total. The summed E-state index contributed by atoms with van der Waals surface area (Å²) >= 11 is 6.39. The number of aryl methyl sites for hydroxylation is 2. The van der Waals surface area contributed by atoms with E-state index < -0.39 is 11.8 Å². The second kappa shape index (κ2) is 8.04. The highest BCUT2D eigenvalue weighted by molar-refractivity contribution is 6.33. The third-order valence-electron chi connectivity index (χ3n) is 4.81. The van der Waals surface area contributed by atoms with Crippen molar-refractivity contribution in [3.8, 4) is 0 Å². The SMILES string of the molecule is Cc1nn(Cc2ccccc2)c(Cl)c1C(=O)NNC(=O)c1oc2ccccc2c1C. The number of rotatable bonds is 4. The van der Waals surface area contributed by atoms with Crippen LogP contribution in [0.25, 0.3) is 11.0 Å². The Morgan fingerprint density at radius 2 is 1.67 bits per heavy atom. The van der Waals surface area contributed by atoms with Crippen LogP contribution in [0.4, 0.5) is 0 Å². The fourth-order valence-electron chi connectivity index (χ4n) is 3.30. The maximum absolute atomic E-state index is 12.7. The number of nitrogens with zero attached hydrogens (tertiary/aromatic N) is 2. The first-order chi connectivity index (χ1) is 14.5. The number of halogens is 1. The van der Waals surface area contributed by atoms with Crippen molar-refractivity contribution < 1.29 is 14.0 Å². The van der Waals surface area contributed by atoms with Gasteiger partial charge in [-0.25, -0.2) is 4.68 Å². The molecule has 0 saturated heterocycles. The molecule has 0 fully saturated rings. The molecule has 0 saturated carbocycles. The van der Waals surface area contributed by atoms with Crippen molar-refractivity contribution in [1.29, 1.82) is 0 Å². The van der Waals surface area contributed by atoms with Gasteiger partial charge >= 0.3 is 5.91 Å². The van der Waals surface area contributed by atoms with Crippen LogP contribution >= 0.6 is 11.6 Å². The Bertz CT molecular complexity index is 1240. The summed E-state index contributed by atoms with van der Waals surface area (Å²) in [4.78, 5) is 25.2. The highest BCUT2D eigenvalue weighted by Crippen LogP contribution is 2.25. The molecule has 4 aromatic rings. The van der Waals surface area contributed by atoms with Crippen LogP contribution in [0.1, 0.15) is 37.7 Å². The molecule has 0 unspecified atom stereocenters. The van der Waals surface area contributed by atoms with E-state index in [-0.39, 0.29) is 16.5 Å². The van der Waals surface area contributed by atoms with Crippen molar-refractivity contribution in [2.75, 3.05) is 0 Å². The summed E-state index contributed by atoms with van der Waals surface area (Å²) in [5.74, 6) is -0.972. The van der Waals surface area contributed by atoms with Crippen molar-refractivity contribution in [3.05, 3.63) is 87.9 Å². The molecule has 0 radical (unpaired) electrons. The Balaban J connectivity index is 1.48. The van der Waals surface area contributed by atoms with Crippen LogP contribution < -0.4 is 10.9 Å². The van der Waals surface area contributed by atoms with E-state index in [0.29, 0.717) is 23.4 Å². The van der Waals surface area contributed by atoms with Crippen molar-refractivity contribution in [1.82, 2.24) is 20.6 Å². The summed E-state index contributed by atoms with van der Waals surface area (Å²) in [6.07, 6.45) is 0. The highest BCUT2D eigenvalue weighted by atomic mass is 35.5. The first-order valence-corrected chi connectivity index (χ1v) is 9.69. The number of fused-ring (bicyclic) bond motifs is 1. The highest BCUT2D eigenvalue weighted by Gasteiger charge is 2.22. The van der Waals surface area contributed by atoms with Crippen LogP contribution in [-0.2, 0) is 6.54 Å². The van der Waals surface area contributed by atoms with E-state index in [1.54, 1.807) is 24.6 Å². The molecule has 30 heavy (non-hydrogen) atoms. The van der Waals surface area contributed by atoms with E-state index >= 15 is 0 Å². The van der Waals surface area contributed by atoms with Crippen LogP contribution in [0.3, 0.4) is 0 Å². The summed E-state index contributed by atoms with van der Waals surface area (Å²) in [7, 11) is 0. The minimum Gasteiger partial charge on any atom is -0.451 e. The summed E-state index contributed by atoms with van der Waals surface area (Å²) in [6, 6.07) is 17.0. The van der Waals surface area contributed by atoms with Crippen LogP contribution in [0.2, 0.25) is 5.15 Å². The quantitative estimate of drug-likeness (QED) is 0.486. The summed E-state index contributed by atoms with van der Waals surface area (Å²) < 4.78 is 7.16. The molecule has 4 rings (SSSR count). The van der Waals surface area contributed by atoms with Gasteiger partial charge in [0.1, 0.15) is 16.3 Å². The molecule has 2 aromatic carbocycles. The average Bonchev–Trinajstić information content (AvgIpc) is 3.23. The van der Waals surface area contributed by atoms with Crippen LogP contribution in [0.5, 0.6) is 0 Å². The number of hydrogen-bond acceptors (Lipinski definition) is 4. The van der Waals surface area contributed by atoms with Gasteiger partial charge in [0.05, 0.1) is 12.2 Å². The zero-order valence-corrected chi connectivity index (χ0v) is 17.2. The van der Waals surface area contributed by atoms with Crippen molar-refractivity contribution in [3.63, 3.8) is 0 Å². The number of benzene rings is 2. The third kappa shape index (κ3) is 3.67. The molecule has 0 aliphatic heterocycles. The zero-order valence-electron chi connectivity index (χ0n) is 16.4. The molecule has 0 bridgehead atoms. The molecule has 2 heterocycles. The predicted octanol–water partition coefficient (Wildman–Crippen LogP) is 4.02. The molecular weight excluding hydrogens is 404 g/mol. The van der Waals surface area contributed by atoms with Gasteiger partial charge in [-0.15, -0.1) is 0 Å². The lowest BCUT2D eigenvalue weighted by Crippen LogP contribution is -2.42. The van der Waals surface area contributed by atoms with Crippen molar-refractivity contribution >= 4 is 34.4 Å². The molecule has 7 nitrogen and oxygen atoms in total.